The van der Waals surface area contributed by atoms with Crippen LogP contribution in [0, 0.1) is 0 Å². The Balaban J connectivity index is 0. The van der Waals surface area contributed by atoms with E-state index in [0.29, 0.717) is 6.42 Å². The molecule has 1 heterocycles. The van der Waals surface area contributed by atoms with E-state index in [9.17, 15) is 4.79 Å². The molecule has 1 aromatic heterocycles. The van der Waals surface area contributed by atoms with E-state index in [4.69, 9.17) is 0 Å². The molecule has 0 saturated heterocycles. The SMILES string of the molecule is C=C.CC.CNC(Cc1cscn1)C(C)=O. The van der Waals surface area contributed by atoms with Crippen LogP contribution in [0.1, 0.15) is 26.5 Å². The molecule has 0 spiro atoms. The van der Waals surface area contributed by atoms with Gasteiger partial charge in [0.15, 0.2) is 0 Å². The van der Waals surface area contributed by atoms with E-state index in [1.165, 1.54) is 0 Å². The molecule has 3 nitrogen and oxygen atoms in total. The fourth-order valence-electron chi connectivity index (χ4n) is 0.997. The average molecular weight is 242 g/mol. The lowest BCUT2D eigenvalue weighted by atomic mass is 10.1. The Bertz CT molecular complexity index is 260. The van der Waals surface area contributed by atoms with Gasteiger partial charge in [0.2, 0.25) is 0 Å². The summed E-state index contributed by atoms with van der Waals surface area (Å²) in [6.45, 7) is 11.6. The lowest BCUT2D eigenvalue weighted by molar-refractivity contribution is -0.118. The van der Waals surface area contributed by atoms with Crippen molar-refractivity contribution in [2.24, 2.45) is 0 Å². The number of nitrogens with zero attached hydrogens (tertiary/aromatic N) is 1. The Morgan fingerprint density at radius 3 is 2.44 bits per heavy atom. The van der Waals surface area contributed by atoms with Crippen molar-refractivity contribution in [2.45, 2.75) is 33.2 Å². The zero-order chi connectivity index (χ0) is 13.0. The van der Waals surface area contributed by atoms with Gasteiger partial charge in [0.05, 0.1) is 17.2 Å². The van der Waals surface area contributed by atoms with E-state index in [1.807, 2.05) is 19.2 Å². The van der Waals surface area contributed by atoms with Gasteiger partial charge in [-0.1, -0.05) is 13.8 Å². The van der Waals surface area contributed by atoms with Crippen LogP contribution in [-0.4, -0.2) is 23.9 Å². The van der Waals surface area contributed by atoms with Gasteiger partial charge in [-0.25, -0.2) is 4.98 Å². The van der Waals surface area contributed by atoms with Crippen molar-refractivity contribution in [1.82, 2.24) is 10.3 Å². The van der Waals surface area contributed by atoms with E-state index < -0.39 is 0 Å². The predicted molar refractivity (Wildman–Crippen MR) is 71.9 cm³/mol. The quantitative estimate of drug-likeness (QED) is 0.825. The van der Waals surface area contributed by atoms with Crippen LogP contribution >= 0.6 is 11.3 Å². The van der Waals surface area contributed by atoms with Crippen molar-refractivity contribution < 1.29 is 4.79 Å². The van der Waals surface area contributed by atoms with Gasteiger partial charge >= 0.3 is 0 Å². The minimum absolute atomic E-state index is 0.0906. The number of Topliss-reactive ketones (excluding diaryl/α,β-unsaturated/α-hetero) is 1. The monoisotopic (exact) mass is 242 g/mol. The van der Waals surface area contributed by atoms with Crippen LogP contribution in [0.3, 0.4) is 0 Å². The maximum Gasteiger partial charge on any atom is 0.147 e. The summed E-state index contributed by atoms with van der Waals surface area (Å²) < 4.78 is 0. The van der Waals surface area contributed by atoms with Crippen molar-refractivity contribution in [1.29, 1.82) is 0 Å². The normalized spacial score (nSPS) is 10.2. The third-order valence-electron chi connectivity index (χ3n) is 1.74. The largest absolute Gasteiger partial charge is 0.310 e. The summed E-state index contributed by atoms with van der Waals surface area (Å²) in [5.74, 6) is 0.158. The topological polar surface area (TPSA) is 42.0 Å². The minimum atomic E-state index is -0.0906. The molecule has 1 aromatic rings. The highest BCUT2D eigenvalue weighted by Gasteiger charge is 2.12. The zero-order valence-electron chi connectivity index (χ0n) is 10.6. The van der Waals surface area contributed by atoms with E-state index in [2.05, 4.69) is 23.5 Å². The summed E-state index contributed by atoms with van der Waals surface area (Å²) in [6, 6.07) is -0.0906. The molecule has 16 heavy (non-hydrogen) atoms. The summed E-state index contributed by atoms with van der Waals surface area (Å²) in [5, 5.41) is 4.92. The average Bonchev–Trinajstić information content (AvgIpc) is 2.83. The second-order valence-corrected chi connectivity index (χ2v) is 3.35. The second kappa shape index (κ2) is 12.1. The molecule has 0 saturated carbocycles. The Morgan fingerprint density at radius 2 is 2.12 bits per heavy atom. The first-order valence-electron chi connectivity index (χ1n) is 5.29. The molecule has 0 radical (unpaired) electrons. The summed E-state index contributed by atoms with van der Waals surface area (Å²) >= 11 is 1.55. The van der Waals surface area contributed by atoms with Crippen LogP contribution in [0.25, 0.3) is 0 Å². The summed E-state index contributed by atoms with van der Waals surface area (Å²) in [6.07, 6.45) is 0.690. The lowest BCUT2D eigenvalue weighted by Crippen LogP contribution is -2.34. The van der Waals surface area contributed by atoms with Gasteiger partial charge in [-0.2, -0.15) is 0 Å². The van der Waals surface area contributed by atoms with Crippen LogP contribution < -0.4 is 5.32 Å². The molecule has 1 N–H and O–H groups in total. The number of ketones is 1. The first-order chi connectivity index (χ1) is 7.74. The number of carbonyl (C=O) groups excluding carboxylic acids is 1. The number of hydrogen-bond donors (Lipinski definition) is 1. The minimum Gasteiger partial charge on any atom is -0.310 e. The van der Waals surface area contributed by atoms with Crippen LogP contribution in [-0.2, 0) is 11.2 Å². The van der Waals surface area contributed by atoms with Gasteiger partial charge in [-0.05, 0) is 14.0 Å². The first kappa shape index (κ1) is 17.4. The molecule has 0 amide bonds. The number of likely N-dealkylation sites (N-methyl/N-ethyl adjacent to an activating group) is 1. The first-order valence-corrected chi connectivity index (χ1v) is 6.23. The van der Waals surface area contributed by atoms with Crippen LogP contribution in [0.4, 0.5) is 0 Å². The van der Waals surface area contributed by atoms with Crippen molar-refractivity contribution in [3.8, 4) is 0 Å². The molecule has 1 rings (SSSR count). The molecule has 1 atom stereocenters. The van der Waals surface area contributed by atoms with Gasteiger partial charge in [-0.15, -0.1) is 24.5 Å². The highest BCUT2D eigenvalue weighted by Crippen LogP contribution is 2.04. The third-order valence-corrected chi connectivity index (χ3v) is 2.37. The molecule has 0 fully saturated rings. The maximum atomic E-state index is 11.0. The van der Waals surface area contributed by atoms with Gasteiger partial charge in [0.1, 0.15) is 5.78 Å². The van der Waals surface area contributed by atoms with Gasteiger partial charge < -0.3 is 5.32 Å². The lowest BCUT2D eigenvalue weighted by Gasteiger charge is -2.09. The summed E-state index contributed by atoms with van der Waals surface area (Å²) in [4.78, 5) is 15.1. The molecular weight excluding hydrogens is 220 g/mol. The Labute approximate surface area is 103 Å². The number of hydrogen-bond acceptors (Lipinski definition) is 4. The van der Waals surface area contributed by atoms with Crippen molar-refractivity contribution in [2.75, 3.05) is 7.05 Å². The number of carbonyl (C=O) groups is 1. The van der Waals surface area contributed by atoms with Crippen LogP contribution in [0.15, 0.2) is 24.0 Å². The Kier molecular flexibility index (Phi) is 13.1. The fraction of sp³-hybridized carbons (Fsp3) is 0.500. The van der Waals surface area contributed by atoms with Crippen LogP contribution in [0.2, 0.25) is 0 Å². The number of aromatic nitrogens is 1. The Morgan fingerprint density at radius 1 is 1.56 bits per heavy atom. The highest BCUT2D eigenvalue weighted by atomic mass is 32.1. The van der Waals surface area contributed by atoms with E-state index in [1.54, 1.807) is 30.8 Å². The molecule has 1 unspecified atom stereocenters. The molecule has 0 aromatic carbocycles. The molecule has 0 aliphatic rings. The third kappa shape index (κ3) is 7.31. The van der Waals surface area contributed by atoms with Gasteiger partial charge in [-0.3, -0.25) is 4.79 Å². The van der Waals surface area contributed by atoms with Crippen molar-refractivity contribution in [3.05, 3.63) is 29.7 Å². The smallest absolute Gasteiger partial charge is 0.147 e. The number of rotatable bonds is 4. The molecule has 0 aliphatic heterocycles. The zero-order valence-corrected chi connectivity index (χ0v) is 11.4. The van der Waals surface area contributed by atoms with E-state index in [0.717, 1.165) is 5.69 Å². The van der Waals surface area contributed by atoms with Crippen molar-refractivity contribution >= 4 is 17.1 Å². The highest BCUT2D eigenvalue weighted by molar-refractivity contribution is 7.07. The second-order valence-electron chi connectivity index (χ2n) is 2.64. The molecular formula is C12H22N2OS. The molecule has 4 heteroatoms. The molecule has 92 valence electrons. The molecule has 0 bridgehead atoms. The summed E-state index contributed by atoms with van der Waals surface area (Å²) in [7, 11) is 1.79. The standard InChI is InChI=1S/C8H12N2OS.C2H6.C2H4/c1-6(11)8(9-2)3-7-4-12-5-10-7;2*1-2/h4-5,8-9H,3H2,1-2H3;1-2H3;1-2H2. The fourth-order valence-corrected chi connectivity index (χ4v) is 1.57. The Hall–Kier alpha value is -1.00. The van der Waals surface area contributed by atoms with Gasteiger partial charge in [0, 0.05) is 11.8 Å². The van der Waals surface area contributed by atoms with Crippen molar-refractivity contribution in [3.63, 3.8) is 0 Å². The number of thiazole rings is 1. The van der Waals surface area contributed by atoms with Crippen LogP contribution in [0.5, 0.6) is 0 Å². The van der Waals surface area contributed by atoms with E-state index in [-0.39, 0.29) is 11.8 Å². The summed E-state index contributed by atoms with van der Waals surface area (Å²) in [5.41, 5.74) is 2.76. The maximum absolute atomic E-state index is 11.0. The molecule has 0 aliphatic carbocycles. The van der Waals surface area contributed by atoms with Gasteiger partial charge in [0.25, 0.3) is 0 Å². The van der Waals surface area contributed by atoms with E-state index >= 15 is 0 Å². The number of nitrogens with one attached hydrogen (secondary N) is 1. The predicted octanol–water partition coefficient (Wildman–Crippen LogP) is 2.69.